The molecule has 0 aliphatic heterocycles. The molecule has 5 heavy (non-hydrogen) atoms. The fraction of sp³-hybridized carbons (Fsp3) is 1.00. The van der Waals surface area contributed by atoms with Crippen LogP contribution in [-0.4, -0.2) is 49.5 Å². The summed E-state index contributed by atoms with van der Waals surface area (Å²) in [4.78, 5) is 0. The Morgan fingerprint density at radius 3 is 1.80 bits per heavy atom. The summed E-state index contributed by atoms with van der Waals surface area (Å²) in [5.41, 5.74) is 0. The van der Waals surface area contributed by atoms with Crippen LogP contribution < -0.4 is 0 Å². The van der Waals surface area contributed by atoms with Crippen LogP contribution in [0.2, 0.25) is 0 Å². The monoisotopic (exact) mass is 102 g/mol. The van der Waals surface area contributed by atoms with Crippen LogP contribution in [0.4, 0.5) is 0 Å². The minimum atomic E-state index is 0. The number of hydrogen-bond acceptors (Lipinski definition) is 1. The van der Waals surface area contributed by atoms with Crippen molar-refractivity contribution in [2.75, 3.05) is 6.61 Å². The molecule has 0 aromatic rings. The zero-order valence-electron chi connectivity index (χ0n) is 2.86. The van der Waals surface area contributed by atoms with Crippen LogP contribution in [0, 0.1) is 0 Å². The molecule has 1 nitrogen and oxygen atoms in total. The maximum absolute atomic E-state index is 7.88. The summed E-state index contributed by atoms with van der Waals surface area (Å²) in [5.74, 6) is 0. The van der Waals surface area contributed by atoms with Gasteiger partial charge in [0.15, 0.2) is 0 Å². The molecular formula is C3H10CaO. The van der Waals surface area contributed by atoms with Crippen LogP contribution in [0.15, 0.2) is 0 Å². The van der Waals surface area contributed by atoms with Crippen LogP contribution in [0.1, 0.15) is 13.3 Å². The molecular weight excluding hydrogens is 92.1 g/mol. The standard InChI is InChI=1S/C3H8O.Ca.2H/c1-2-3-4;;;/h4H,2-3H2,1H3;;;. The molecule has 0 aliphatic rings. The van der Waals surface area contributed by atoms with Gasteiger partial charge in [-0.3, -0.25) is 0 Å². The first-order chi connectivity index (χ1) is 1.91. The maximum atomic E-state index is 7.88. The third-order valence-corrected chi connectivity index (χ3v) is 0.224. The van der Waals surface area contributed by atoms with Gasteiger partial charge in [0.2, 0.25) is 0 Å². The van der Waals surface area contributed by atoms with Crippen LogP contribution in [0.25, 0.3) is 0 Å². The van der Waals surface area contributed by atoms with E-state index in [1.165, 1.54) is 0 Å². The van der Waals surface area contributed by atoms with Crippen molar-refractivity contribution < 1.29 is 5.11 Å². The van der Waals surface area contributed by atoms with Crippen molar-refractivity contribution in [2.24, 2.45) is 0 Å². The SMILES string of the molecule is CCCO.[CaH2]. The van der Waals surface area contributed by atoms with Gasteiger partial charge >= 0.3 is 37.7 Å². The van der Waals surface area contributed by atoms with Gasteiger partial charge in [-0.05, 0) is 6.42 Å². The topological polar surface area (TPSA) is 20.2 Å². The normalized spacial score (nSPS) is 6.00. The van der Waals surface area contributed by atoms with E-state index in [4.69, 9.17) is 5.11 Å². The third kappa shape index (κ3) is 11.0. The van der Waals surface area contributed by atoms with E-state index in [-0.39, 0.29) is 37.7 Å². The van der Waals surface area contributed by atoms with Gasteiger partial charge in [0.25, 0.3) is 0 Å². The van der Waals surface area contributed by atoms with Crippen molar-refractivity contribution in [1.82, 2.24) is 0 Å². The van der Waals surface area contributed by atoms with E-state index in [1.54, 1.807) is 0 Å². The molecule has 0 spiro atoms. The van der Waals surface area contributed by atoms with Crippen LogP contribution in [-0.2, 0) is 0 Å². The summed E-state index contributed by atoms with van der Waals surface area (Å²) >= 11 is 0. The van der Waals surface area contributed by atoms with Crippen molar-refractivity contribution in [3.05, 3.63) is 0 Å². The molecule has 0 aliphatic carbocycles. The molecule has 30 valence electrons. The quantitative estimate of drug-likeness (QED) is 0.441. The van der Waals surface area contributed by atoms with Gasteiger partial charge in [-0.25, -0.2) is 0 Å². The summed E-state index contributed by atoms with van der Waals surface area (Å²) in [7, 11) is 0. The zero-order valence-corrected chi connectivity index (χ0v) is 2.86. The second-order valence-corrected chi connectivity index (χ2v) is 0.724. The fourth-order valence-electron chi connectivity index (χ4n) is 0. The summed E-state index contributed by atoms with van der Waals surface area (Å²) < 4.78 is 0. The van der Waals surface area contributed by atoms with E-state index in [1.807, 2.05) is 6.92 Å². The third-order valence-electron chi connectivity index (χ3n) is 0.224. The summed E-state index contributed by atoms with van der Waals surface area (Å²) in [6.07, 6.45) is 0.875. The van der Waals surface area contributed by atoms with Gasteiger partial charge in [-0.15, -0.1) is 0 Å². The molecule has 2 heteroatoms. The molecule has 0 bridgehead atoms. The van der Waals surface area contributed by atoms with Crippen LogP contribution in [0.5, 0.6) is 0 Å². The van der Waals surface area contributed by atoms with Crippen molar-refractivity contribution in [3.63, 3.8) is 0 Å². The molecule has 0 saturated carbocycles. The van der Waals surface area contributed by atoms with E-state index in [9.17, 15) is 0 Å². The summed E-state index contributed by atoms with van der Waals surface area (Å²) in [5, 5.41) is 7.88. The molecule has 0 heterocycles. The molecule has 0 aromatic heterocycles. The Bertz CT molecular complexity index is 8.85. The van der Waals surface area contributed by atoms with E-state index in [0.29, 0.717) is 6.61 Å². The summed E-state index contributed by atoms with van der Waals surface area (Å²) in [6, 6.07) is 0. The first kappa shape index (κ1) is 9.52. The summed E-state index contributed by atoms with van der Waals surface area (Å²) in [6.45, 7) is 2.25. The van der Waals surface area contributed by atoms with Crippen molar-refractivity contribution >= 4 is 37.7 Å². The van der Waals surface area contributed by atoms with E-state index < -0.39 is 0 Å². The second kappa shape index (κ2) is 8.97. The van der Waals surface area contributed by atoms with Gasteiger partial charge in [0.05, 0.1) is 0 Å². The Kier molecular flexibility index (Phi) is 17.1. The van der Waals surface area contributed by atoms with Crippen LogP contribution >= 0.6 is 0 Å². The molecule has 0 fully saturated rings. The second-order valence-electron chi connectivity index (χ2n) is 0.724. The molecule has 0 rings (SSSR count). The Morgan fingerprint density at radius 2 is 1.80 bits per heavy atom. The van der Waals surface area contributed by atoms with Gasteiger partial charge in [-0.1, -0.05) is 6.92 Å². The first-order valence-electron chi connectivity index (χ1n) is 1.52. The minimum absolute atomic E-state index is 0. The molecule has 0 unspecified atom stereocenters. The zero-order chi connectivity index (χ0) is 3.41. The Labute approximate surface area is 62.4 Å². The fourth-order valence-corrected chi connectivity index (χ4v) is 0. The molecule has 0 aromatic carbocycles. The Hall–Kier alpha value is 1.22. The molecule has 0 radical (unpaired) electrons. The van der Waals surface area contributed by atoms with Gasteiger partial charge in [0.1, 0.15) is 0 Å². The van der Waals surface area contributed by atoms with Gasteiger partial charge in [-0.2, -0.15) is 0 Å². The predicted molar refractivity (Wildman–Crippen MR) is 25.9 cm³/mol. The van der Waals surface area contributed by atoms with Crippen molar-refractivity contribution in [1.29, 1.82) is 0 Å². The number of aliphatic hydroxyl groups is 1. The predicted octanol–water partition coefficient (Wildman–Crippen LogP) is -0.528. The first-order valence-corrected chi connectivity index (χ1v) is 1.52. The van der Waals surface area contributed by atoms with Crippen molar-refractivity contribution in [2.45, 2.75) is 13.3 Å². The van der Waals surface area contributed by atoms with Gasteiger partial charge < -0.3 is 5.11 Å². The molecule has 0 atom stereocenters. The Balaban J connectivity index is 0. The molecule has 0 saturated heterocycles. The average molecular weight is 102 g/mol. The number of aliphatic hydroxyl groups excluding tert-OH is 1. The van der Waals surface area contributed by atoms with E-state index in [0.717, 1.165) is 6.42 Å². The number of rotatable bonds is 1. The van der Waals surface area contributed by atoms with Crippen molar-refractivity contribution in [3.8, 4) is 0 Å². The van der Waals surface area contributed by atoms with E-state index in [2.05, 4.69) is 0 Å². The van der Waals surface area contributed by atoms with Gasteiger partial charge in [0, 0.05) is 6.61 Å². The molecule has 0 amide bonds. The van der Waals surface area contributed by atoms with Crippen LogP contribution in [0.3, 0.4) is 0 Å². The molecule has 1 N–H and O–H groups in total. The Morgan fingerprint density at radius 1 is 1.60 bits per heavy atom. The number of hydrogen-bond donors (Lipinski definition) is 1. The average Bonchev–Trinajstić information content (AvgIpc) is 1.37. The van der Waals surface area contributed by atoms with E-state index >= 15 is 0 Å².